The normalized spacial score (nSPS) is 10.4. The lowest BCUT2D eigenvalue weighted by atomic mass is 10.2. The molecule has 0 saturated heterocycles. The molecule has 0 aliphatic rings. The van der Waals surface area contributed by atoms with Crippen molar-refractivity contribution in [3.05, 3.63) is 58.0 Å². The number of aromatic nitrogens is 1. The summed E-state index contributed by atoms with van der Waals surface area (Å²) in [6, 6.07) is 11.0. The number of ether oxygens (including phenoxy) is 2. The molecule has 0 atom stereocenters. The molecule has 1 heterocycles. The molecule has 1 aromatic carbocycles. The van der Waals surface area contributed by atoms with Crippen LogP contribution in [0.5, 0.6) is 11.5 Å². The Morgan fingerprint density at radius 2 is 1.76 bits per heavy atom. The lowest BCUT2D eigenvalue weighted by Crippen LogP contribution is -2.28. The third kappa shape index (κ3) is 3.64. The summed E-state index contributed by atoms with van der Waals surface area (Å²) in [7, 11) is 1.62. The Balaban J connectivity index is 2.01. The third-order valence-corrected chi connectivity index (χ3v) is 3.33. The van der Waals surface area contributed by atoms with Crippen LogP contribution >= 0.6 is 0 Å². The molecule has 0 radical (unpaired) electrons. The Kier molecular flexibility index (Phi) is 5.00. The van der Waals surface area contributed by atoms with E-state index >= 15 is 0 Å². The highest BCUT2D eigenvalue weighted by Gasteiger charge is 2.05. The van der Waals surface area contributed by atoms with Crippen LogP contribution in [0.2, 0.25) is 0 Å². The first kappa shape index (κ1) is 15.1. The Morgan fingerprint density at radius 1 is 1.10 bits per heavy atom. The number of methoxy groups -OCH3 is 1. The van der Waals surface area contributed by atoms with Crippen molar-refractivity contribution in [3.8, 4) is 11.5 Å². The molecule has 0 saturated carbocycles. The molecule has 0 amide bonds. The van der Waals surface area contributed by atoms with Crippen LogP contribution in [-0.2, 0) is 13.1 Å². The fourth-order valence-corrected chi connectivity index (χ4v) is 2.08. The van der Waals surface area contributed by atoms with Crippen LogP contribution in [-0.4, -0.2) is 18.3 Å². The first-order valence-corrected chi connectivity index (χ1v) is 6.82. The molecule has 1 aromatic heterocycles. The number of rotatable bonds is 6. The fourth-order valence-electron chi connectivity index (χ4n) is 2.08. The third-order valence-electron chi connectivity index (χ3n) is 3.33. The zero-order chi connectivity index (χ0) is 15.2. The van der Waals surface area contributed by atoms with Gasteiger partial charge in [-0.3, -0.25) is 4.79 Å². The molecule has 2 N–H and O–H groups in total. The van der Waals surface area contributed by atoms with Gasteiger partial charge in [-0.05, 0) is 37.3 Å². The van der Waals surface area contributed by atoms with E-state index in [4.69, 9.17) is 15.2 Å². The molecule has 0 aliphatic carbocycles. The van der Waals surface area contributed by atoms with Gasteiger partial charge >= 0.3 is 0 Å². The maximum Gasteiger partial charge on any atom is 0.255 e. The standard InChI is InChI=1S/C16H20N2O3/c1-12-3-4-13(11-17)16(19)18(12)9-10-21-15-7-5-14(20-2)6-8-15/h3-8H,9-11,17H2,1-2H3. The van der Waals surface area contributed by atoms with E-state index in [0.717, 1.165) is 17.2 Å². The van der Waals surface area contributed by atoms with Crippen molar-refractivity contribution >= 4 is 0 Å². The minimum Gasteiger partial charge on any atom is -0.497 e. The number of hydrogen-bond donors (Lipinski definition) is 1. The van der Waals surface area contributed by atoms with Gasteiger partial charge < -0.3 is 19.8 Å². The number of hydrogen-bond acceptors (Lipinski definition) is 4. The van der Waals surface area contributed by atoms with Crippen LogP contribution in [0.1, 0.15) is 11.3 Å². The van der Waals surface area contributed by atoms with E-state index in [2.05, 4.69) is 0 Å². The average Bonchev–Trinajstić information content (AvgIpc) is 2.51. The van der Waals surface area contributed by atoms with Gasteiger partial charge in [-0.25, -0.2) is 0 Å². The molecular formula is C16H20N2O3. The van der Waals surface area contributed by atoms with Crippen LogP contribution in [0.4, 0.5) is 0 Å². The van der Waals surface area contributed by atoms with Crippen LogP contribution in [0, 0.1) is 6.92 Å². The number of nitrogens with two attached hydrogens (primary N) is 1. The summed E-state index contributed by atoms with van der Waals surface area (Å²) in [6.45, 7) is 3.05. The zero-order valence-corrected chi connectivity index (χ0v) is 12.3. The van der Waals surface area contributed by atoms with Crippen molar-refractivity contribution in [3.63, 3.8) is 0 Å². The molecule has 0 fully saturated rings. The summed E-state index contributed by atoms with van der Waals surface area (Å²) in [5, 5.41) is 0. The summed E-state index contributed by atoms with van der Waals surface area (Å²) in [5.41, 5.74) is 7.03. The Morgan fingerprint density at radius 3 is 2.38 bits per heavy atom. The maximum atomic E-state index is 12.2. The molecule has 0 bridgehead atoms. The summed E-state index contributed by atoms with van der Waals surface area (Å²) in [6.07, 6.45) is 0. The van der Waals surface area contributed by atoms with E-state index in [1.165, 1.54) is 0 Å². The van der Waals surface area contributed by atoms with Gasteiger partial charge in [0, 0.05) is 17.8 Å². The molecule has 5 nitrogen and oxygen atoms in total. The second-order valence-corrected chi connectivity index (χ2v) is 4.68. The van der Waals surface area contributed by atoms with Crippen LogP contribution < -0.4 is 20.8 Å². The van der Waals surface area contributed by atoms with Crippen molar-refractivity contribution in [2.75, 3.05) is 13.7 Å². The SMILES string of the molecule is COc1ccc(OCCn2c(C)ccc(CN)c2=O)cc1. The van der Waals surface area contributed by atoms with Crippen molar-refractivity contribution in [1.82, 2.24) is 4.57 Å². The number of pyridine rings is 1. The van der Waals surface area contributed by atoms with E-state index in [1.807, 2.05) is 37.3 Å². The van der Waals surface area contributed by atoms with Gasteiger partial charge in [0.1, 0.15) is 18.1 Å². The van der Waals surface area contributed by atoms with E-state index in [-0.39, 0.29) is 12.1 Å². The second-order valence-electron chi connectivity index (χ2n) is 4.68. The first-order chi connectivity index (χ1) is 10.2. The van der Waals surface area contributed by atoms with Crippen LogP contribution in [0.3, 0.4) is 0 Å². The van der Waals surface area contributed by atoms with Gasteiger partial charge in [0.05, 0.1) is 13.7 Å². The Hall–Kier alpha value is -2.27. The maximum absolute atomic E-state index is 12.2. The fraction of sp³-hybridized carbons (Fsp3) is 0.312. The van der Waals surface area contributed by atoms with E-state index in [9.17, 15) is 4.79 Å². The number of nitrogens with zero attached hydrogens (tertiary/aromatic N) is 1. The predicted octanol–water partition coefficient (Wildman–Crippen LogP) is 1.70. The minimum absolute atomic E-state index is 0.0455. The van der Waals surface area contributed by atoms with E-state index < -0.39 is 0 Å². The van der Waals surface area contributed by atoms with Gasteiger partial charge in [-0.2, -0.15) is 0 Å². The molecule has 21 heavy (non-hydrogen) atoms. The van der Waals surface area contributed by atoms with Crippen molar-refractivity contribution in [1.29, 1.82) is 0 Å². The average molecular weight is 288 g/mol. The van der Waals surface area contributed by atoms with Gasteiger partial charge in [0.25, 0.3) is 5.56 Å². The molecule has 0 spiro atoms. The van der Waals surface area contributed by atoms with Gasteiger partial charge in [-0.15, -0.1) is 0 Å². The Labute approximate surface area is 123 Å². The van der Waals surface area contributed by atoms with Crippen LogP contribution in [0.25, 0.3) is 0 Å². The van der Waals surface area contributed by atoms with E-state index in [1.54, 1.807) is 17.7 Å². The molecule has 0 unspecified atom stereocenters. The molecule has 2 aromatic rings. The van der Waals surface area contributed by atoms with Crippen LogP contribution in [0.15, 0.2) is 41.2 Å². The van der Waals surface area contributed by atoms with Crippen molar-refractivity contribution in [2.45, 2.75) is 20.0 Å². The van der Waals surface area contributed by atoms with Crippen molar-refractivity contribution in [2.24, 2.45) is 5.73 Å². The van der Waals surface area contributed by atoms with Gasteiger partial charge in [-0.1, -0.05) is 6.07 Å². The lowest BCUT2D eigenvalue weighted by Gasteiger charge is -2.12. The second kappa shape index (κ2) is 6.95. The smallest absolute Gasteiger partial charge is 0.255 e. The summed E-state index contributed by atoms with van der Waals surface area (Å²) >= 11 is 0. The highest BCUT2D eigenvalue weighted by Crippen LogP contribution is 2.16. The summed E-state index contributed by atoms with van der Waals surface area (Å²) < 4.78 is 12.4. The molecule has 0 aliphatic heterocycles. The summed E-state index contributed by atoms with van der Waals surface area (Å²) in [4.78, 5) is 12.2. The molecular weight excluding hydrogens is 268 g/mol. The van der Waals surface area contributed by atoms with E-state index in [0.29, 0.717) is 18.7 Å². The van der Waals surface area contributed by atoms with Crippen molar-refractivity contribution < 1.29 is 9.47 Å². The van der Waals surface area contributed by atoms with Gasteiger partial charge in [0.15, 0.2) is 0 Å². The zero-order valence-electron chi connectivity index (χ0n) is 12.3. The highest BCUT2D eigenvalue weighted by atomic mass is 16.5. The highest BCUT2D eigenvalue weighted by molar-refractivity contribution is 5.31. The first-order valence-electron chi connectivity index (χ1n) is 6.82. The molecule has 2 rings (SSSR count). The lowest BCUT2D eigenvalue weighted by molar-refractivity contribution is 0.294. The predicted molar refractivity (Wildman–Crippen MR) is 81.8 cm³/mol. The summed E-state index contributed by atoms with van der Waals surface area (Å²) in [5.74, 6) is 1.53. The molecule has 112 valence electrons. The monoisotopic (exact) mass is 288 g/mol. The van der Waals surface area contributed by atoms with Gasteiger partial charge in [0.2, 0.25) is 0 Å². The minimum atomic E-state index is -0.0455. The quantitative estimate of drug-likeness (QED) is 0.878. The molecule has 5 heteroatoms. The number of aryl methyl sites for hydroxylation is 1. The largest absolute Gasteiger partial charge is 0.497 e. The number of benzene rings is 1. The topological polar surface area (TPSA) is 66.5 Å². The Bertz CT molecular complexity index is 648.